The molecule has 5 rings (SSSR count). The minimum atomic E-state index is -0.149. The number of carbonyl (C=O) groups is 1. The lowest BCUT2D eigenvalue weighted by Gasteiger charge is -2.12. The van der Waals surface area contributed by atoms with Gasteiger partial charge in [0.25, 0.3) is 5.91 Å². The summed E-state index contributed by atoms with van der Waals surface area (Å²) >= 11 is 0. The molecule has 2 N–H and O–H groups in total. The fourth-order valence-electron chi connectivity index (χ4n) is 4.11. The first-order valence-corrected chi connectivity index (χ1v) is 11.8. The molecule has 1 amide bonds. The quantitative estimate of drug-likeness (QED) is 0.303. The van der Waals surface area contributed by atoms with Crippen LogP contribution in [0.4, 0.5) is 17.1 Å². The van der Waals surface area contributed by atoms with Crippen molar-refractivity contribution in [3.8, 4) is 22.5 Å². The smallest absolute Gasteiger partial charge is 0.255 e. The van der Waals surface area contributed by atoms with Gasteiger partial charge < -0.3 is 20.1 Å². The number of hydrogen-bond donors (Lipinski definition) is 2. The van der Waals surface area contributed by atoms with Crippen molar-refractivity contribution in [3.63, 3.8) is 0 Å². The highest BCUT2D eigenvalue weighted by Gasteiger charge is 2.10. The average molecular weight is 476 g/mol. The van der Waals surface area contributed by atoms with Gasteiger partial charge in [-0.1, -0.05) is 36.4 Å². The SMILES string of the molecule is CN(C)c1ccc(C(=O)Nc2ccc3[nH]c(-c4ccc(-c5ccc(N(C)C)cc5)cc4)nc3c2)cc1. The summed E-state index contributed by atoms with van der Waals surface area (Å²) in [7, 11) is 8.03. The summed E-state index contributed by atoms with van der Waals surface area (Å²) in [4.78, 5) is 25.0. The Balaban J connectivity index is 1.32. The third kappa shape index (κ3) is 4.79. The maximum atomic E-state index is 12.7. The van der Waals surface area contributed by atoms with E-state index in [0.717, 1.165) is 33.7 Å². The van der Waals surface area contributed by atoms with E-state index in [4.69, 9.17) is 4.98 Å². The van der Waals surface area contributed by atoms with Gasteiger partial charge in [0.1, 0.15) is 5.82 Å². The van der Waals surface area contributed by atoms with Gasteiger partial charge in [-0.05, 0) is 65.7 Å². The molecule has 0 spiro atoms. The molecule has 0 aliphatic rings. The predicted octanol–water partition coefficient (Wildman–Crippen LogP) is 6.28. The second-order valence-corrected chi connectivity index (χ2v) is 9.23. The maximum Gasteiger partial charge on any atom is 0.255 e. The van der Waals surface area contributed by atoms with Crippen molar-refractivity contribution in [3.05, 3.63) is 96.6 Å². The van der Waals surface area contributed by atoms with Gasteiger partial charge in [0.2, 0.25) is 0 Å². The Labute approximate surface area is 211 Å². The standard InChI is InChI=1S/C30H29N5O/c1-34(2)25-14-9-21(10-15-25)20-5-7-22(8-6-20)29-32-27-18-13-24(19-28(27)33-29)31-30(36)23-11-16-26(17-12-23)35(3)4/h5-19H,1-4H3,(H,31,36)(H,32,33). The van der Waals surface area contributed by atoms with Gasteiger partial charge in [0, 0.05) is 56.4 Å². The fraction of sp³-hybridized carbons (Fsp3) is 0.133. The van der Waals surface area contributed by atoms with Gasteiger partial charge in [-0.2, -0.15) is 0 Å². The zero-order chi connectivity index (χ0) is 25.2. The molecule has 0 aliphatic heterocycles. The molecule has 0 saturated carbocycles. The molecule has 0 aliphatic carbocycles. The van der Waals surface area contributed by atoms with Crippen LogP contribution in [0.25, 0.3) is 33.5 Å². The molecule has 6 heteroatoms. The van der Waals surface area contributed by atoms with E-state index in [1.807, 2.05) is 75.6 Å². The molecule has 0 unspecified atom stereocenters. The Morgan fingerprint density at radius 3 is 1.81 bits per heavy atom. The number of benzene rings is 4. The molecule has 4 aromatic carbocycles. The molecule has 0 atom stereocenters. The van der Waals surface area contributed by atoms with Gasteiger partial charge >= 0.3 is 0 Å². The van der Waals surface area contributed by atoms with Gasteiger partial charge in [0.15, 0.2) is 0 Å². The summed E-state index contributed by atoms with van der Waals surface area (Å²) in [5.74, 6) is 0.645. The Kier molecular flexibility index (Phi) is 6.17. The van der Waals surface area contributed by atoms with E-state index in [-0.39, 0.29) is 5.91 Å². The van der Waals surface area contributed by atoms with E-state index < -0.39 is 0 Å². The van der Waals surface area contributed by atoms with E-state index in [1.54, 1.807) is 0 Å². The Morgan fingerprint density at radius 1 is 0.694 bits per heavy atom. The molecule has 0 bridgehead atoms. The molecule has 5 aromatic rings. The van der Waals surface area contributed by atoms with Gasteiger partial charge in [-0.3, -0.25) is 4.79 Å². The number of amides is 1. The van der Waals surface area contributed by atoms with Crippen LogP contribution in [-0.4, -0.2) is 44.1 Å². The number of H-pyrrole nitrogens is 1. The second-order valence-electron chi connectivity index (χ2n) is 9.23. The number of hydrogen-bond acceptors (Lipinski definition) is 4. The Bertz CT molecular complexity index is 1500. The monoisotopic (exact) mass is 475 g/mol. The molecule has 1 aromatic heterocycles. The van der Waals surface area contributed by atoms with E-state index in [1.165, 1.54) is 11.3 Å². The van der Waals surface area contributed by atoms with Crippen molar-refractivity contribution in [2.24, 2.45) is 0 Å². The van der Waals surface area contributed by atoms with Crippen LogP contribution in [0.2, 0.25) is 0 Å². The number of anilines is 3. The number of imidazole rings is 1. The lowest BCUT2D eigenvalue weighted by molar-refractivity contribution is 0.102. The van der Waals surface area contributed by atoms with Crippen LogP contribution in [0.15, 0.2) is 91.0 Å². The largest absolute Gasteiger partial charge is 0.378 e. The molecule has 1 heterocycles. The highest BCUT2D eigenvalue weighted by molar-refractivity contribution is 6.05. The number of fused-ring (bicyclic) bond motifs is 1. The Morgan fingerprint density at radius 2 is 1.22 bits per heavy atom. The number of aromatic nitrogens is 2. The molecule has 0 radical (unpaired) electrons. The molecular weight excluding hydrogens is 446 g/mol. The number of carbonyl (C=O) groups excluding carboxylic acids is 1. The van der Waals surface area contributed by atoms with Crippen LogP contribution in [0.1, 0.15) is 10.4 Å². The van der Waals surface area contributed by atoms with Crippen LogP contribution in [-0.2, 0) is 0 Å². The minimum Gasteiger partial charge on any atom is -0.378 e. The molecule has 0 saturated heterocycles. The van der Waals surface area contributed by atoms with Crippen molar-refractivity contribution in [2.75, 3.05) is 43.3 Å². The molecule has 180 valence electrons. The highest BCUT2D eigenvalue weighted by Crippen LogP contribution is 2.27. The van der Waals surface area contributed by atoms with Crippen LogP contribution in [0.3, 0.4) is 0 Å². The summed E-state index contributed by atoms with van der Waals surface area (Å²) in [6, 6.07) is 30.1. The van der Waals surface area contributed by atoms with Gasteiger partial charge in [-0.25, -0.2) is 4.98 Å². The molecule has 36 heavy (non-hydrogen) atoms. The molecule has 0 fully saturated rings. The summed E-state index contributed by atoms with van der Waals surface area (Å²) in [5.41, 5.74) is 8.60. The zero-order valence-corrected chi connectivity index (χ0v) is 20.9. The maximum absolute atomic E-state index is 12.7. The third-order valence-electron chi connectivity index (χ3n) is 6.26. The van der Waals surface area contributed by atoms with Crippen molar-refractivity contribution < 1.29 is 4.79 Å². The van der Waals surface area contributed by atoms with E-state index >= 15 is 0 Å². The van der Waals surface area contributed by atoms with Crippen LogP contribution >= 0.6 is 0 Å². The predicted molar refractivity (Wildman–Crippen MR) is 150 cm³/mol. The summed E-state index contributed by atoms with van der Waals surface area (Å²) in [6.07, 6.45) is 0. The minimum absolute atomic E-state index is 0.149. The average Bonchev–Trinajstić information content (AvgIpc) is 3.32. The van der Waals surface area contributed by atoms with Crippen molar-refractivity contribution in [1.29, 1.82) is 0 Å². The molecular formula is C30H29N5O. The first-order valence-electron chi connectivity index (χ1n) is 11.8. The summed E-state index contributed by atoms with van der Waals surface area (Å²) in [6.45, 7) is 0. The first-order chi connectivity index (χ1) is 17.4. The highest BCUT2D eigenvalue weighted by atomic mass is 16.1. The Hall–Kier alpha value is -4.58. The van der Waals surface area contributed by atoms with Crippen LogP contribution in [0, 0.1) is 0 Å². The van der Waals surface area contributed by atoms with Crippen LogP contribution < -0.4 is 15.1 Å². The van der Waals surface area contributed by atoms with Gasteiger partial charge in [0.05, 0.1) is 11.0 Å². The topological polar surface area (TPSA) is 64.3 Å². The fourth-order valence-corrected chi connectivity index (χ4v) is 4.11. The van der Waals surface area contributed by atoms with Crippen molar-refractivity contribution in [2.45, 2.75) is 0 Å². The normalized spacial score (nSPS) is 10.9. The summed E-state index contributed by atoms with van der Waals surface area (Å²) < 4.78 is 0. The molecule has 6 nitrogen and oxygen atoms in total. The first kappa shape index (κ1) is 23.2. The number of aromatic amines is 1. The second kappa shape index (κ2) is 9.58. The third-order valence-corrected chi connectivity index (χ3v) is 6.26. The summed E-state index contributed by atoms with van der Waals surface area (Å²) in [5, 5.41) is 2.98. The van der Waals surface area contributed by atoms with Crippen molar-refractivity contribution in [1.82, 2.24) is 9.97 Å². The van der Waals surface area contributed by atoms with Crippen LogP contribution in [0.5, 0.6) is 0 Å². The lowest BCUT2D eigenvalue weighted by Crippen LogP contribution is -2.13. The van der Waals surface area contributed by atoms with E-state index in [0.29, 0.717) is 11.3 Å². The van der Waals surface area contributed by atoms with E-state index in [9.17, 15) is 4.79 Å². The van der Waals surface area contributed by atoms with Gasteiger partial charge in [-0.15, -0.1) is 0 Å². The van der Waals surface area contributed by atoms with E-state index in [2.05, 4.69) is 63.7 Å². The lowest BCUT2D eigenvalue weighted by atomic mass is 10.0. The zero-order valence-electron chi connectivity index (χ0n) is 20.9. The van der Waals surface area contributed by atoms with Crippen molar-refractivity contribution >= 4 is 34.0 Å². The number of rotatable bonds is 6. The number of nitrogens with zero attached hydrogens (tertiary/aromatic N) is 3. The number of nitrogens with one attached hydrogen (secondary N) is 2.